The highest BCUT2D eigenvalue weighted by Crippen LogP contribution is 2.23. The lowest BCUT2D eigenvalue weighted by molar-refractivity contribution is -0.134. The Balaban J connectivity index is 1.36. The van der Waals surface area contributed by atoms with Gasteiger partial charge in [0, 0.05) is 55.0 Å². The average molecular weight is 443 g/mol. The number of halogens is 2. The minimum absolute atomic E-state index is 0.00430. The van der Waals surface area contributed by atoms with Gasteiger partial charge in [0.05, 0.1) is 12.5 Å². The van der Waals surface area contributed by atoms with Crippen LogP contribution in [0.15, 0.2) is 54.7 Å². The van der Waals surface area contributed by atoms with E-state index in [9.17, 15) is 14.0 Å². The number of carbonyl (C=O) groups is 2. The molecule has 1 fully saturated rings. The molecule has 2 amide bonds. The summed E-state index contributed by atoms with van der Waals surface area (Å²) in [6, 6.07) is 13.9. The fraction of sp³-hybridized carbons (Fsp3) is 0.304. The summed E-state index contributed by atoms with van der Waals surface area (Å²) in [6.45, 7) is 2.22. The molecule has 4 rings (SSSR count). The first-order valence-electron chi connectivity index (χ1n) is 10.3. The molecule has 2 aromatic carbocycles. The van der Waals surface area contributed by atoms with Crippen LogP contribution in [0, 0.1) is 5.82 Å². The lowest BCUT2D eigenvalue weighted by Gasteiger charge is -2.35. The van der Waals surface area contributed by atoms with E-state index in [-0.39, 0.29) is 24.8 Å². The zero-order valence-corrected chi connectivity index (χ0v) is 17.7. The highest BCUT2D eigenvalue weighted by molar-refractivity contribution is 6.31. The van der Waals surface area contributed by atoms with Crippen molar-refractivity contribution in [3.05, 3.63) is 71.1 Å². The van der Waals surface area contributed by atoms with Crippen molar-refractivity contribution in [1.29, 1.82) is 0 Å². The number of aromatic nitrogens is 1. The van der Waals surface area contributed by atoms with Gasteiger partial charge in [0.25, 0.3) is 0 Å². The molecule has 6 nitrogen and oxygen atoms in total. The van der Waals surface area contributed by atoms with E-state index in [0.29, 0.717) is 36.8 Å². The van der Waals surface area contributed by atoms with E-state index in [2.05, 4.69) is 15.2 Å². The van der Waals surface area contributed by atoms with Crippen molar-refractivity contribution in [2.24, 2.45) is 0 Å². The van der Waals surface area contributed by atoms with Gasteiger partial charge >= 0.3 is 0 Å². The molecular weight excluding hydrogens is 419 g/mol. The number of amides is 2. The summed E-state index contributed by atoms with van der Waals surface area (Å²) in [6.07, 6.45) is 2.00. The Morgan fingerprint density at radius 3 is 2.87 bits per heavy atom. The summed E-state index contributed by atoms with van der Waals surface area (Å²) in [5.41, 5.74) is 1.44. The maximum absolute atomic E-state index is 14.2. The molecule has 0 aliphatic carbocycles. The maximum atomic E-state index is 14.2. The van der Waals surface area contributed by atoms with Crippen molar-refractivity contribution in [3.8, 4) is 0 Å². The molecule has 0 radical (unpaired) electrons. The van der Waals surface area contributed by atoms with Crippen molar-refractivity contribution in [1.82, 2.24) is 20.1 Å². The number of benzene rings is 2. The van der Waals surface area contributed by atoms with Gasteiger partial charge in [0.1, 0.15) is 5.82 Å². The molecule has 0 saturated carbocycles. The van der Waals surface area contributed by atoms with Crippen LogP contribution in [0.5, 0.6) is 0 Å². The third-order valence-electron chi connectivity index (χ3n) is 5.60. The van der Waals surface area contributed by atoms with E-state index >= 15 is 0 Å². The minimum Gasteiger partial charge on any atom is -0.354 e. The largest absolute Gasteiger partial charge is 0.354 e. The van der Waals surface area contributed by atoms with Crippen LogP contribution < -0.4 is 10.6 Å². The number of nitrogens with zero attached hydrogens (tertiary/aromatic N) is 2. The molecule has 1 atom stereocenters. The first-order chi connectivity index (χ1) is 15.0. The predicted octanol–water partition coefficient (Wildman–Crippen LogP) is 2.94. The molecule has 3 aromatic rings. The van der Waals surface area contributed by atoms with Crippen LogP contribution in [-0.4, -0.2) is 47.0 Å². The number of para-hydroxylation sites is 1. The van der Waals surface area contributed by atoms with Gasteiger partial charge in [-0.3, -0.25) is 14.5 Å². The van der Waals surface area contributed by atoms with Gasteiger partial charge in [-0.15, -0.1) is 0 Å². The van der Waals surface area contributed by atoms with E-state index in [1.165, 1.54) is 6.07 Å². The Labute approximate surface area is 185 Å². The summed E-state index contributed by atoms with van der Waals surface area (Å²) >= 11 is 6.15. The second-order valence-corrected chi connectivity index (χ2v) is 8.01. The number of carbonyl (C=O) groups excluding carboxylic acids is 2. The molecule has 1 aromatic heterocycles. The van der Waals surface area contributed by atoms with Crippen LogP contribution >= 0.6 is 11.6 Å². The summed E-state index contributed by atoms with van der Waals surface area (Å²) in [7, 11) is 0. The summed E-state index contributed by atoms with van der Waals surface area (Å²) in [4.78, 5) is 26.8. The molecule has 1 aliphatic heterocycles. The second kappa shape index (κ2) is 9.49. The van der Waals surface area contributed by atoms with Gasteiger partial charge in [-0.1, -0.05) is 35.9 Å². The first-order valence-corrected chi connectivity index (χ1v) is 10.7. The number of hydrogen-bond acceptors (Lipinski definition) is 3. The Morgan fingerprint density at radius 2 is 2.03 bits per heavy atom. The first kappa shape index (κ1) is 21.3. The molecule has 8 heteroatoms. The minimum atomic E-state index is -0.670. The highest BCUT2D eigenvalue weighted by atomic mass is 35.5. The van der Waals surface area contributed by atoms with Crippen LogP contribution in [0.2, 0.25) is 5.02 Å². The van der Waals surface area contributed by atoms with E-state index in [0.717, 1.165) is 10.9 Å². The SMILES string of the molecule is O=C(CC1C(=O)NCCN1Cc1c(F)cccc1Cl)NCCn1ccc2ccccc21. The summed E-state index contributed by atoms with van der Waals surface area (Å²) in [5, 5.41) is 7.15. The van der Waals surface area contributed by atoms with E-state index < -0.39 is 11.9 Å². The average Bonchev–Trinajstić information content (AvgIpc) is 3.16. The Kier molecular flexibility index (Phi) is 6.53. The fourth-order valence-corrected chi connectivity index (χ4v) is 4.18. The quantitative estimate of drug-likeness (QED) is 0.591. The van der Waals surface area contributed by atoms with Crippen LogP contribution in [0.25, 0.3) is 10.9 Å². The van der Waals surface area contributed by atoms with E-state index in [4.69, 9.17) is 11.6 Å². The number of piperazine rings is 1. The number of fused-ring (bicyclic) bond motifs is 1. The summed E-state index contributed by atoms with van der Waals surface area (Å²) in [5.74, 6) is -0.867. The number of nitrogens with one attached hydrogen (secondary N) is 2. The zero-order valence-electron chi connectivity index (χ0n) is 17.0. The Morgan fingerprint density at radius 1 is 1.19 bits per heavy atom. The zero-order chi connectivity index (χ0) is 21.8. The van der Waals surface area contributed by atoms with Crippen molar-refractivity contribution < 1.29 is 14.0 Å². The van der Waals surface area contributed by atoms with Crippen LogP contribution in [0.3, 0.4) is 0 Å². The fourth-order valence-electron chi connectivity index (χ4n) is 3.96. The normalized spacial score (nSPS) is 17.0. The summed E-state index contributed by atoms with van der Waals surface area (Å²) < 4.78 is 16.3. The van der Waals surface area contributed by atoms with E-state index in [1.54, 1.807) is 12.1 Å². The van der Waals surface area contributed by atoms with E-state index in [1.807, 2.05) is 41.4 Å². The molecule has 162 valence electrons. The van der Waals surface area contributed by atoms with Gasteiger partial charge in [-0.25, -0.2) is 4.39 Å². The van der Waals surface area contributed by atoms with Crippen LogP contribution in [0.4, 0.5) is 4.39 Å². The lowest BCUT2D eigenvalue weighted by atomic mass is 10.1. The van der Waals surface area contributed by atoms with Gasteiger partial charge in [-0.05, 0) is 29.7 Å². The van der Waals surface area contributed by atoms with Crippen molar-refractivity contribution >= 4 is 34.3 Å². The standard InChI is InChI=1S/C23H24ClFN4O2/c24-18-5-3-6-19(25)17(18)15-29-13-10-27-23(31)21(29)14-22(30)26-9-12-28-11-8-16-4-1-2-7-20(16)28/h1-8,11,21H,9-10,12-15H2,(H,26,30)(H,27,31). The van der Waals surface area contributed by atoms with Crippen LogP contribution in [-0.2, 0) is 22.7 Å². The molecule has 1 saturated heterocycles. The van der Waals surface area contributed by atoms with Crippen molar-refractivity contribution in [2.75, 3.05) is 19.6 Å². The number of rotatable bonds is 7. The maximum Gasteiger partial charge on any atom is 0.237 e. The molecule has 1 aliphatic rings. The lowest BCUT2D eigenvalue weighted by Crippen LogP contribution is -2.56. The third kappa shape index (κ3) is 4.89. The Bertz CT molecular complexity index is 1080. The Hall–Kier alpha value is -2.90. The third-order valence-corrected chi connectivity index (χ3v) is 5.95. The molecule has 31 heavy (non-hydrogen) atoms. The van der Waals surface area contributed by atoms with Gasteiger partial charge in [-0.2, -0.15) is 0 Å². The highest BCUT2D eigenvalue weighted by Gasteiger charge is 2.32. The van der Waals surface area contributed by atoms with Crippen LogP contribution in [0.1, 0.15) is 12.0 Å². The molecule has 2 heterocycles. The molecule has 0 spiro atoms. The van der Waals surface area contributed by atoms with Crippen molar-refractivity contribution in [3.63, 3.8) is 0 Å². The molecule has 1 unspecified atom stereocenters. The topological polar surface area (TPSA) is 66.4 Å². The monoisotopic (exact) mass is 442 g/mol. The molecular formula is C23H24ClFN4O2. The molecule has 2 N–H and O–H groups in total. The van der Waals surface area contributed by atoms with Gasteiger partial charge in [0.2, 0.25) is 11.8 Å². The smallest absolute Gasteiger partial charge is 0.237 e. The van der Waals surface area contributed by atoms with Gasteiger partial charge in [0.15, 0.2) is 0 Å². The number of hydrogen-bond donors (Lipinski definition) is 2. The predicted molar refractivity (Wildman–Crippen MR) is 118 cm³/mol. The molecule has 0 bridgehead atoms. The van der Waals surface area contributed by atoms with Gasteiger partial charge < -0.3 is 15.2 Å². The van der Waals surface area contributed by atoms with Crippen molar-refractivity contribution in [2.45, 2.75) is 25.6 Å². The second-order valence-electron chi connectivity index (χ2n) is 7.60.